The molecule has 176 valence electrons. The van der Waals surface area contributed by atoms with Crippen molar-refractivity contribution in [3.8, 4) is 23.3 Å². The summed E-state index contributed by atoms with van der Waals surface area (Å²) in [5.41, 5.74) is 1.23. The minimum atomic E-state index is 0.0193. The molecule has 1 fully saturated rings. The average molecular weight is 462 g/mol. The topological polar surface area (TPSA) is 120 Å². The van der Waals surface area contributed by atoms with Crippen LogP contribution in [0.4, 0.5) is 5.82 Å². The number of hydrogen-bond acceptors (Lipinski definition) is 8. The molecule has 0 radical (unpaired) electrons. The number of H-pyrrole nitrogens is 1. The third-order valence-corrected chi connectivity index (χ3v) is 5.56. The van der Waals surface area contributed by atoms with Crippen molar-refractivity contribution in [1.82, 2.24) is 30.2 Å². The highest BCUT2D eigenvalue weighted by atomic mass is 16.5. The molecule has 0 saturated carbocycles. The summed E-state index contributed by atoms with van der Waals surface area (Å²) in [6, 6.07) is 6.58. The van der Waals surface area contributed by atoms with Crippen LogP contribution >= 0.6 is 0 Å². The molecule has 10 nitrogen and oxygen atoms in total. The summed E-state index contributed by atoms with van der Waals surface area (Å²) in [7, 11) is 3.80. The highest BCUT2D eigenvalue weighted by molar-refractivity contribution is 5.88. The summed E-state index contributed by atoms with van der Waals surface area (Å²) in [6.45, 7) is 2.16. The Morgan fingerprint density at radius 1 is 1.38 bits per heavy atom. The predicted molar refractivity (Wildman–Crippen MR) is 129 cm³/mol. The van der Waals surface area contributed by atoms with E-state index in [2.05, 4.69) is 42.0 Å². The second-order valence-corrected chi connectivity index (χ2v) is 7.86. The Hall–Kier alpha value is -4.10. The number of imidazole rings is 1. The summed E-state index contributed by atoms with van der Waals surface area (Å²) in [6.07, 6.45) is 5.79. The van der Waals surface area contributed by atoms with Crippen LogP contribution < -0.4 is 15.0 Å². The van der Waals surface area contributed by atoms with E-state index in [0.29, 0.717) is 48.2 Å². The maximum atomic E-state index is 12.4. The quantitative estimate of drug-likeness (QED) is 0.356. The Kier molecular flexibility index (Phi) is 7.25. The van der Waals surface area contributed by atoms with E-state index in [1.54, 1.807) is 30.3 Å². The SMILES string of the molecule is CNC/C=C/C(=O)N1CCC(N(C)c2ncnc3[nH]c(C#CCOc4ccc(O)cc4)nc23)C1. The number of amides is 1. The molecule has 3 heterocycles. The average Bonchev–Trinajstić information content (AvgIpc) is 3.50. The van der Waals surface area contributed by atoms with Crippen LogP contribution in [-0.4, -0.2) is 82.2 Å². The van der Waals surface area contributed by atoms with Gasteiger partial charge in [0.25, 0.3) is 0 Å². The number of aromatic hydroxyl groups is 1. The van der Waals surface area contributed by atoms with Gasteiger partial charge in [0.1, 0.15) is 24.4 Å². The largest absolute Gasteiger partial charge is 0.508 e. The summed E-state index contributed by atoms with van der Waals surface area (Å²) >= 11 is 0. The third kappa shape index (κ3) is 5.44. The van der Waals surface area contributed by atoms with E-state index in [-0.39, 0.29) is 24.3 Å². The van der Waals surface area contributed by atoms with Crippen LogP contribution in [0, 0.1) is 11.8 Å². The number of phenols is 1. The van der Waals surface area contributed by atoms with Crippen molar-refractivity contribution in [3.63, 3.8) is 0 Å². The van der Waals surface area contributed by atoms with Crippen molar-refractivity contribution in [3.05, 3.63) is 48.6 Å². The zero-order valence-corrected chi connectivity index (χ0v) is 19.2. The standard InChI is InChI=1S/C24H27N7O3/c1-25-12-3-6-21(33)31-13-11-17(15-31)30(2)24-22-23(26-16-27-24)29-20(28-22)5-4-14-34-19-9-7-18(32)8-10-19/h3,6-10,16-17,25,32H,11-15H2,1-2H3,(H,26,27,28,29)/b6-3+. The normalized spacial score (nSPS) is 15.5. The summed E-state index contributed by atoms with van der Waals surface area (Å²) in [5, 5.41) is 12.3. The molecule has 2 aromatic heterocycles. The number of aromatic amines is 1. The van der Waals surface area contributed by atoms with Gasteiger partial charge in [-0.3, -0.25) is 4.79 Å². The first kappa shape index (κ1) is 23.1. The van der Waals surface area contributed by atoms with Crippen LogP contribution in [-0.2, 0) is 4.79 Å². The molecule has 1 saturated heterocycles. The minimum absolute atomic E-state index is 0.0193. The van der Waals surface area contributed by atoms with Gasteiger partial charge in [-0.05, 0) is 43.7 Å². The van der Waals surface area contributed by atoms with Crippen LogP contribution in [0.3, 0.4) is 0 Å². The van der Waals surface area contributed by atoms with Crippen molar-refractivity contribution in [2.45, 2.75) is 12.5 Å². The number of fused-ring (bicyclic) bond motifs is 1. The molecule has 4 rings (SSSR count). The molecule has 0 aliphatic carbocycles. The molecular formula is C24H27N7O3. The number of rotatable bonds is 7. The molecule has 1 aromatic carbocycles. The van der Waals surface area contributed by atoms with Crippen molar-refractivity contribution in [1.29, 1.82) is 0 Å². The molecule has 0 spiro atoms. The second kappa shape index (κ2) is 10.7. The van der Waals surface area contributed by atoms with Gasteiger partial charge in [-0.2, -0.15) is 0 Å². The number of benzene rings is 1. The van der Waals surface area contributed by atoms with Gasteiger partial charge in [-0.1, -0.05) is 12.0 Å². The fourth-order valence-corrected chi connectivity index (χ4v) is 3.73. The van der Waals surface area contributed by atoms with Crippen LogP contribution in [0.5, 0.6) is 11.5 Å². The van der Waals surface area contributed by atoms with E-state index in [1.807, 2.05) is 25.1 Å². The van der Waals surface area contributed by atoms with E-state index < -0.39 is 0 Å². The highest BCUT2D eigenvalue weighted by Gasteiger charge is 2.29. The van der Waals surface area contributed by atoms with Crippen molar-refractivity contribution in [2.24, 2.45) is 0 Å². The van der Waals surface area contributed by atoms with Crippen LogP contribution in [0.25, 0.3) is 11.2 Å². The van der Waals surface area contributed by atoms with Crippen molar-refractivity contribution >= 4 is 22.9 Å². The molecule has 34 heavy (non-hydrogen) atoms. The number of carbonyl (C=O) groups excluding carboxylic acids is 1. The summed E-state index contributed by atoms with van der Waals surface area (Å²) in [5.74, 6) is 7.86. The molecule has 0 bridgehead atoms. The van der Waals surface area contributed by atoms with Gasteiger partial charge in [0, 0.05) is 38.8 Å². The lowest BCUT2D eigenvalue weighted by Gasteiger charge is -2.25. The zero-order chi connectivity index (χ0) is 23.9. The van der Waals surface area contributed by atoms with Gasteiger partial charge in [0.05, 0.1) is 0 Å². The number of carbonyl (C=O) groups is 1. The monoisotopic (exact) mass is 461 g/mol. The lowest BCUT2D eigenvalue weighted by atomic mass is 10.2. The van der Waals surface area contributed by atoms with Gasteiger partial charge >= 0.3 is 0 Å². The van der Waals surface area contributed by atoms with Crippen molar-refractivity contribution in [2.75, 3.05) is 45.2 Å². The first-order valence-corrected chi connectivity index (χ1v) is 11.0. The summed E-state index contributed by atoms with van der Waals surface area (Å²) < 4.78 is 5.54. The Balaban J connectivity index is 1.42. The van der Waals surface area contributed by atoms with Gasteiger partial charge in [-0.15, -0.1) is 0 Å². The van der Waals surface area contributed by atoms with Crippen molar-refractivity contribution < 1.29 is 14.6 Å². The molecule has 1 atom stereocenters. The van der Waals surface area contributed by atoms with Crippen LogP contribution in [0.1, 0.15) is 12.2 Å². The van der Waals surface area contributed by atoms with Gasteiger partial charge in [-0.25, -0.2) is 15.0 Å². The van der Waals surface area contributed by atoms with Crippen LogP contribution in [0.2, 0.25) is 0 Å². The molecular weight excluding hydrogens is 434 g/mol. The van der Waals surface area contributed by atoms with E-state index in [0.717, 1.165) is 6.42 Å². The fraction of sp³-hybridized carbons (Fsp3) is 0.333. The van der Waals surface area contributed by atoms with Crippen LogP contribution in [0.15, 0.2) is 42.7 Å². The Bertz CT molecular complexity index is 1230. The third-order valence-electron chi connectivity index (χ3n) is 5.56. The number of likely N-dealkylation sites (N-methyl/N-ethyl adjacent to an activating group) is 2. The first-order valence-electron chi connectivity index (χ1n) is 11.0. The van der Waals surface area contributed by atoms with Gasteiger partial charge in [0.15, 0.2) is 22.8 Å². The molecule has 1 amide bonds. The fourth-order valence-electron chi connectivity index (χ4n) is 3.73. The van der Waals surface area contributed by atoms with E-state index in [9.17, 15) is 9.90 Å². The molecule has 3 aromatic rings. The maximum Gasteiger partial charge on any atom is 0.246 e. The number of nitrogens with zero attached hydrogens (tertiary/aromatic N) is 5. The number of ether oxygens (including phenoxy) is 1. The van der Waals surface area contributed by atoms with E-state index in [4.69, 9.17) is 4.74 Å². The number of likely N-dealkylation sites (tertiary alicyclic amines) is 1. The highest BCUT2D eigenvalue weighted by Crippen LogP contribution is 2.25. The Labute approximate surface area is 197 Å². The molecule has 3 N–H and O–H groups in total. The lowest BCUT2D eigenvalue weighted by Crippen LogP contribution is -2.36. The summed E-state index contributed by atoms with van der Waals surface area (Å²) in [4.78, 5) is 32.7. The van der Waals surface area contributed by atoms with Gasteiger partial charge < -0.3 is 29.9 Å². The minimum Gasteiger partial charge on any atom is -0.508 e. The lowest BCUT2D eigenvalue weighted by molar-refractivity contribution is -0.125. The number of phenolic OH excluding ortho intramolecular Hbond substituents is 1. The predicted octanol–water partition coefficient (Wildman–Crippen LogP) is 1.30. The number of aromatic nitrogens is 4. The molecule has 1 aliphatic rings. The van der Waals surface area contributed by atoms with E-state index >= 15 is 0 Å². The zero-order valence-electron chi connectivity index (χ0n) is 19.2. The van der Waals surface area contributed by atoms with Gasteiger partial charge in [0.2, 0.25) is 5.91 Å². The molecule has 1 unspecified atom stereocenters. The molecule has 10 heteroatoms. The second-order valence-electron chi connectivity index (χ2n) is 7.86. The maximum absolute atomic E-state index is 12.4. The number of anilines is 1. The first-order chi connectivity index (χ1) is 16.5. The molecule has 1 aliphatic heterocycles. The Morgan fingerprint density at radius 2 is 2.21 bits per heavy atom. The number of nitrogens with one attached hydrogen (secondary N) is 2. The number of hydrogen-bond donors (Lipinski definition) is 3. The smallest absolute Gasteiger partial charge is 0.246 e. The van der Waals surface area contributed by atoms with E-state index in [1.165, 1.54) is 6.33 Å². The Morgan fingerprint density at radius 3 is 3.00 bits per heavy atom.